The van der Waals surface area contributed by atoms with Crippen LogP contribution in [0.1, 0.15) is 96.8 Å². The first kappa shape index (κ1) is 28.5. The molecule has 0 fully saturated rings. The van der Waals surface area contributed by atoms with Gasteiger partial charge in [-0.15, -0.1) is 0 Å². The molecule has 0 saturated heterocycles. The second-order valence-electron chi connectivity index (χ2n) is 6.86. The third-order valence-corrected chi connectivity index (χ3v) is 5.13. The Bertz CT molecular complexity index is 343. The quantitative estimate of drug-likeness (QED) is 0.278. The predicted molar refractivity (Wildman–Crippen MR) is 106 cm³/mol. The number of hydrogen-bond donors (Lipinski definition) is 1. The molecule has 1 atom stereocenters. The average Bonchev–Trinajstić information content (AvgIpc) is 2.59. The minimum atomic E-state index is -1.18. The molecule has 0 heterocycles. The van der Waals surface area contributed by atoms with Crippen LogP contribution < -0.4 is 40.0 Å². The van der Waals surface area contributed by atoms with E-state index in [0.29, 0.717) is 18.6 Å². The summed E-state index contributed by atoms with van der Waals surface area (Å²) in [5.74, 6) is -0.642. The number of carboxylic acids is 1. The molecule has 0 rings (SSSR count). The molecular weight excluding hydrogens is 357 g/mol. The maximum atomic E-state index is 11.8. The van der Waals surface area contributed by atoms with Crippen LogP contribution in [-0.4, -0.2) is 29.9 Å². The first-order valence-electron chi connectivity index (χ1n) is 10.1. The van der Waals surface area contributed by atoms with Gasteiger partial charge in [0.2, 0.25) is 5.91 Å². The van der Waals surface area contributed by atoms with Crippen molar-refractivity contribution in [1.82, 2.24) is 5.32 Å². The number of unbranched alkanes of at least 4 members (excludes halogenated alkanes) is 11. The Morgan fingerprint density at radius 1 is 0.885 bits per heavy atom. The fourth-order valence-corrected chi connectivity index (χ4v) is 3.35. The second-order valence-corrected chi connectivity index (χ2v) is 7.85. The van der Waals surface area contributed by atoms with Crippen LogP contribution in [0.2, 0.25) is 0 Å². The van der Waals surface area contributed by atoms with Crippen molar-refractivity contribution in [2.75, 3.05) is 12.0 Å². The molecule has 0 aliphatic rings. The van der Waals surface area contributed by atoms with Gasteiger partial charge >= 0.3 is 29.6 Å². The summed E-state index contributed by atoms with van der Waals surface area (Å²) in [7, 11) is 0. The molecule has 6 heteroatoms. The Balaban J connectivity index is 0. The van der Waals surface area contributed by atoms with Gasteiger partial charge in [-0.2, -0.15) is 11.8 Å². The topological polar surface area (TPSA) is 69.2 Å². The van der Waals surface area contributed by atoms with Crippen LogP contribution in [0.25, 0.3) is 0 Å². The molecule has 4 nitrogen and oxygen atoms in total. The monoisotopic (exact) mass is 395 g/mol. The summed E-state index contributed by atoms with van der Waals surface area (Å²) in [6.07, 6.45) is 17.8. The number of carboxylic acid groups (broad SMARTS) is 1. The third-order valence-electron chi connectivity index (χ3n) is 4.49. The number of carbonyl (C=O) groups is 2. The van der Waals surface area contributed by atoms with Gasteiger partial charge in [-0.3, -0.25) is 4.79 Å². The molecule has 0 unspecified atom stereocenters. The van der Waals surface area contributed by atoms with Gasteiger partial charge in [0.05, 0.1) is 12.0 Å². The fourth-order valence-electron chi connectivity index (χ4n) is 2.88. The molecule has 0 spiro atoms. The summed E-state index contributed by atoms with van der Waals surface area (Å²) in [5, 5.41) is 13.6. The maximum absolute atomic E-state index is 11.8. The van der Waals surface area contributed by atoms with E-state index in [1.165, 1.54) is 64.2 Å². The van der Waals surface area contributed by atoms with E-state index >= 15 is 0 Å². The van der Waals surface area contributed by atoms with Crippen molar-refractivity contribution in [2.45, 2.75) is 103 Å². The van der Waals surface area contributed by atoms with Gasteiger partial charge in [0.1, 0.15) is 0 Å². The Kier molecular flexibility index (Phi) is 23.7. The Morgan fingerprint density at radius 3 is 1.77 bits per heavy atom. The molecule has 0 radical (unpaired) electrons. The normalized spacial score (nSPS) is 11.6. The molecule has 0 saturated carbocycles. The van der Waals surface area contributed by atoms with E-state index < -0.39 is 12.0 Å². The minimum absolute atomic E-state index is 0. The predicted octanol–water partition coefficient (Wildman–Crippen LogP) is 1.07. The van der Waals surface area contributed by atoms with E-state index in [-0.39, 0.29) is 35.5 Å². The summed E-state index contributed by atoms with van der Waals surface area (Å²) in [6.45, 7) is 2.25. The number of carbonyl (C=O) groups excluding carboxylic acids is 2. The molecule has 148 valence electrons. The van der Waals surface area contributed by atoms with Crippen LogP contribution in [0, 0.1) is 0 Å². The van der Waals surface area contributed by atoms with Crippen molar-refractivity contribution < 1.29 is 44.3 Å². The van der Waals surface area contributed by atoms with E-state index in [1.807, 2.05) is 6.26 Å². The SMILES string of the molecule is CCCCCCCCCCCCCCC(=O)N[C@@H](CCSC)C(=O)[O-].[Na+]. The Labute approximate surface area is 187 Å². The summed E-state index contributed by atoms with van der Waals surface area (Å²) in [4.78, 5) is 22.8. The van der Waals surface area contributed by atoms with Gasteiger partial charge in [-0.05, 0) is 24.9 Å². The molecule has 26 heavy (non-hydrogen) atoms. The number of amides is 1. The van der Waals surface area contributed by atoms with Gasteiger partial charge in [0.25, 0.3) is 0 Å². The van der Waals surface area contributed by atoms with Gasteiger partial charge < -0.3 is 15.2 Å². The van der Waals surface area contributed by atoms with Crippen molar-refractivity contribution in [3.05, 3.63) is 0 Å². The standard InChI is InChI=1S/C20H39NO3S.Na/c1-3-4-5-6-7-8-9-10-11-12-13-14-15-19(22)21-18(20(23)24)16-17-25-2;/h18H,3-17H2,1-2H3,(H,21,22)(H,23,24);/q;+1/p-1/t18-;/m0./s1. The molecule has 0 aromatic heterocycles. The van der Waals surface area contributed by atoms with Crippen molar-refractivity contribution in [3.63, 3.8) is 0 Å². The number of thioether (sulfide) groups is 1. The smallest absolute Gasteiger partial charge is 0.548 e. The number of aliphatic carboxylic acids is 1. The molecule has 0 aliphatic carbocycles. The van der Waals surface area contributed by atoms with Crippen LogP contribution in [0.5, 0.6) is 0 Å². The van der Waals surface area contributed by atoms with Gasteiger partial charge in [-0.1, -0.05) is 77.6 Å². The average molecular weight is 396 g/mol. The van der Waals surface area contributed by atoms with E-state index in [0.717, 1.165) is 12.8 Å². The zero-order valence-corrected chi connectivity index (χ0v) is 20.1. The summed E-state index contributed by atoms with van der Waals surface area (Å²) in [5.41, 5.74) is 0. The van der Waals surface area contributed by atoms with Gasteiger partial charge in [-0.25, -0.2) is 0 Å². The fraction of sp³-hybridized carbons (Fsp3) is 0.900. The largest absolute Gasteiger partial charge is 1.00 e. The van der Waals surface area contributed by atoms with E-state index in [1.54, 1.807) is 11.8 Å². The number of hydrogen-bond acceptors (Lipinski definition) is 4. The maximum Gasteiger partial charge on any atom is 1.00 e. The van der Waals surface area contributed by atoms with Gasteiger partial charge in [0.15, 0.2) is 0 Å². The van der Waals surface area contributed by atoms with Crippen molar-refractivity contribution in [3.8, 4) is 0 Å². The number of nitrogens with one attached hydrogen (secondary N) is 1. The summed E-state index contributed by atoms with van der Waals surface area (Å²) >= 11 is 1.57. The van der Waals surface area contributed by atoms with Crippen LogP contribution in [0.15, 0.2) is 0 Å². The Morgan fingerprint density at radius 2 is 1.35 bits per heavy atom. The zero-order valence-electron chi connectivity index (χ0n) is 17.3. The van der Waals surface area contributed by atoms with E-state index in [2.05, 4.69) is 12.2 Å². The van der Waals surface area contributed by atoms with Gasteiger partial charge in [0, 0.05) is 6.42 Å². The first-order chi connectivity index (χ1) is 12.1. The molecule has 0 aliphatic heterocycles. The Hall–Kier alpha value is 0.290. The molecule has 0 bridgehead atoms. The summed E-state index contributed by atoms with van der Waals surface area (Å²) < 4.78 is 0. The molecule has 0 aromatic rings. The van der Waals surface area contributed by atoms with E-state index in [9.17, 15) is 14.7 Å². The zero-order chi connectivity index (χ0) is 18.8. The summed E-state index contributed by atoms with van der Waals surface area (Å²) in [6, 6.07) is -0.850. The van der Waals surface area contributed by atoms with Crippen LogP contribution in [0.3, 0.4) is 0 Å². The van der Waals surface area contributed by atoms with E-state index in [4.69, 9.17) is 0 Å². The van der Waals surface area contributed by atoms with Crippen molar-refractivity contribution >= 4 is 23.6 Å². The molecule has 0 aromatic carbocycles. The van der Waals surface area contributed by atoms with Crippen LogP contribution in [0.4, 0.5) is 0 Å². The third kappa shape index (κ3) is 19.1. The molecular formula is C20H38NNaO3S. The van der Waals surface area contributed by atoms with Crippen LogP contribution in [-0.2, 0) is 9.59 Å². The first-order valence-corrected chi connectivity index (χ1v) is 11.5. The molecule has 1 amide bonds. The number of rotatable bonds is 18. The van der Waals surface area contributed by atoms with Crippen LogP contribution >= 0.6 is 11.8 Å². The minimum Gasteiger partial charge on any atom is -0.548 e. The van der Waals surface area contributed by atoms with Crippen molar-refractivity contribution in [2.24, 2.45) is 0 Å². The molecule has 1 N–H and O–H groups in total. The second kappa shape index (κ2) is 21.6. The van der Waals surface area contributed by atoms with Crippen molar-refractivity contribution in [1.29, 1.82) is 0 Å².